The molecular formula is C23H20Cl2N6O2. The Labute approximate surface area is 199 Å². The number of hydrogen-bond donors (Lipinski definition) is 0. The molecule has 4 heterocycles. The van der Waals surface area contributed by atoms with Gasteiger partial charge in [0.25, 0.3) is 11.9 Å². The lowest BCUT2D eigenvalue weighted by Crippen LogP contribution is -2.54. The Kier molecular flexibility index (Phi) is 4.99. The van der Waals surface area contributed by atoms with Gasteiger partial charge in [-0.3, -0.25) is 4.79 Å². The molecular weight excluding hydrogens is 463 g/mol. The van der Waals surface area contributed by atoms with Gasteiger partial charge in [0.2, 0.25) is 0 Å². The van der Waals surface area contributed by atoms with Gasteiger partial charge >= 0.3 is 0 Å². The molecule has 0 aliphatic carbocycles. The first-order valence-electron chi connectivity index (χ1n) is 10.8. The number of carbonyl (C=O) groups is 1. The standard InChI is InChI=1S/C23H20Cl2N6O2/c24-16-1-3-20(31-26-5-6-27-31)18(8-16)22(32)29-10-14-7-15(11-29)13-30(12-14)23-28-19-9-17(25)2-4-21(19)33-23/h1-6,8-9,14-15H,7,10-13H2. The van der Waals surface area contributed by atoms with E-state index >= 15 is 0 Å². The second kappa shape index (κ2) is 8.04. The van der Waals surface area contributed by atoms with Gasteiger partial charge in [-0.15, -0.1) is 0 Å². The van der Waals surface area contributed by atoms with Gasteiger partial charge in [-0.25, -0.2) is 0 Å². The number of anilines is 1. The number of carbonyl (C=O) groups excluding carboxylic acids is 1. The number of likely N-dealkylation sites (tertiary alicyclic amines) is 1. The lowest BCUT2D eigenvalue weighted by molar-refractivity contribution is 0.0561. The molecule has 10 heteroatoms. The van der Waals surface area contributed by atoms with Crippen LogP contribution in [0, 0.1) is 11.8 Å². The van der Waals surface area contributed by atoms with E-state index in [1.54, 1.807) is 36.7 Å². The van der Waals surface area contributed by atoms with Crippen LogP contribution < -0.4 is 4.90 Å². The Morgan fingerprint density at radius 1 is 0.939 bits per heavy atom. The van der Waals surface area contributed by atoms with Gasteiger partial charge in [-0.1, -0.05) is 23.2 Å². The Morgan fingerprint density at radius 2 is 1.64 bits per heavy atom. The normalized spacial score (nSPS) is 20.4. The van der Waals surface area contributed by atoms with Gasteiger partial charge in [0, 0.05) is 36.2 Å². The number of oxazole rings is 1. The Hall–Kier alpha value is -3.10. The summed E-state index contributed by atoms with van der Waals surface area (Å²) in [5.74, 6) is 0.598. The van der Waals surface area contributed by atoms with Crippen molar-refractivity contribution >= 4 is 46.2 Å². The predicted octanol–water partition coefficient (Wildman–Crippen LogP) is 4.31. The quantitative estimate of drug-likeness (QED) is 0.432. The van der Waals surface area contributed by atoms with E-state index in [0.717, 1.165) is 30.6 Å². The number of hydrogen-bond acceptors (Lipinski definition) is 6. The summed E-state index contributed by atoms with van der Waals surface area (Å²) < 4.78 is 5.99. The van der Waals surface area contributed by atoms with Gasteiger partial charge in [0.15, 0.2) is 5.58 Å². The second-order valence-corrected chi connectivity index (χ2v) is 9.54. The third-order valence-corrected chi connectivity index (χ3v) is 6.77. The molecule has 2 aliphatic rings. The number of amides is 1. The van der Waals surface area contributed by atoms with Gasteiger partial charge in [-0.2, -0.15) is 20.0 Å². The van der Waals surface area contributed by atoms with Crippen molar-refractivity contribution in [2.45, 2.75) is 6.42 Å². The van der Waals surface area contributed by atoms with E-state index in [-0.39, 0.29) is 5.91 Å². The molecule has 2 bridgehead atoms. The van der Waals surface area contributed by atoms with Crippen LogP contribution in [0.2, 0.25) is 10.0 Å². The van der Waals surface area contributed by atoms with Crippen molar-refractivity contribution in [2.75, 3.05) is 31.1 Å². The van der Waals surface area contributed by atoms with Crippen molar-refractivity contribution in [2.24, 2.45) is 11.8 Å². The molecule has 2 atom stereocenters. The van der Waals surface area contributed by atoms with E-state index in [1.807, 2.05) is 17.0 Å². The molecule has 4 aromatic rings. The fourth-order valence-corrected chi connectivity index (χ4v) is 5.33. The first-order chi connectivity index (χ1) is 16.0. The van der Waals surface area contributed by atoms with E-state index in [2.05, 4.69) is 20.1 Å². The van der Waals surface area contributed by atoms with Crippen LogP contribution in [-0.2, 0) is 0 Å². The minimum atomic E-state index is -0.0514. The summed E-state index contributed by atoms with van der Waals surface area (Å²) >= 11 is 12.3. The van der Waals surface area contributed by atoms with Gasteiger partial charge in [0.1, 0.15) is 5.52 Å². The number of aromatic nitrogens is 4. The number of fused-ring (bicyclic) bond motifs is 3. The van der Waals surface area contributed by atoms with Gasteiger partial charge < -0.3 is 14.2 Å². The Bertz CT molecular complexity index is 1320. The SMILES string of the molecule is O=C(c1cc(Cl)ccc1-n1nccn1)N1CC2CC(C1)CN(c1nc3cc(Cl)ccc3o1)C2. The van der Waals surface area contributed by atoms with Crippen molar-refractivity contribution in [3.05, 3.63) is 64.4 Å². The minimum Gasteiger partial charge on any atom is -0.423 e. The Balaban J connectivity index is 1.23. The van der Waals surface area contributed by atoms with E-state index in [0.29, 0.717) is 52.2 Å². The number of benzene rings is 2. The molecule has 2 unspecified atom stereocenters. The number of piperidine rings is 2. The first kappa shape index (κ1) is 20.5. The highest BCUT2D eigenvalue weighted by Crippen LogP contribution is 2.34. The minimum absolute atomic E-state index is 0.0514. The van der Waals surface area contributed by atoms with Crippen LogP contribution in [0.1, 0.15) is 16.8 Å². The molecule has 0 radical (unpaired) electrons. The summed E-state index contributed by atoms with van der Waals surface area (Å²) in [6.45, 7) is 2.89. The van der Waals surface area contributed by atoms with Crippen LogP contribution >= 0.6 is 23.2 Å². The van der Waals surface area contributed by atoms with Crippen molar-refractivity contribution in [1.82, 2.24) is 24.9 Å². The molecule has 1 amide bonds. The van der Waals surface area contributed by atoms with Crippen LogP contribution in [-0.4, -0.2) is 57.0 Å². The second-order valence-electron chi connectivity index (χ2n) is 8.67. The maximum atomic E-state index is 13.5. The van der Waals surface area contributed by atoms with Crippen molar-refractivity contribution in [1.29, 1.82) is 0 Å². The average Bonchev–Trinajstić information content (AvgIpc) is 3.47. The fraction of sp³-hybridized carbons (Fsp3) is 0.304. The third-order valence-electron chi connectivity index (χ3n) is 6.30. The lowest BCUT2D eigenvalue weighted by atomic mass is 9.84. The molecule has 2 aromatic heterocycles. The summed E-state index contributed by atoms with van der Waals surface area (Å²) in [4.78, 5) is 23.8. The van der Waals surface area contributed by atoms with E-state index < -0.39 is 0 Å². The highest BCUT2D eigenvalue weighted by Gasteiger charge is 2.38. The summed E-state index contributed by atoms with van der Waals surface area (Å²) in [7, 11) is 0. The number of nitrogens with zero attached hydrogens (tertiary/aromatic N) is 6. The zero-order chi connectivity index (χ0) is 22.5. The predicted molar refractivity (Wildman–Crippen MR) is 125 cm³/mol. The molecule has 33 heavy (non-hydrogen) atoms. The average molecular weight is 483 g/mol. The first-order valence-corrected chi connectivity index (χ1v) is 11.6. The monoisotopic (exact) mass is 482 g/mol. The number of halogens is 2. The molecule has 8 nitrogen and oxygen atoms in total. The van der Waals surface area contributed by atoms with E-state index in [1.165, 1.54) is 4.80 Å². The van der Waals surface area contributed by atoms with E-state index in [9.17, 15) is 4.79 Å². The smallest absolute Gasteiger partial charge is 0.298 e. The van der Waals surface area contributed by atoms with Crippen LogP contribution in [0.4, 0.5) is 6.01 Å². The number of rotatable bonds is 3. The highest BCUT2D eigenvalue weighted by molar-refractivity contribution is 6.31. The van der Waals surface area contributed by atoms with Crippen LogP contribution in [0.15, 0.2) is 53.2 Å². The van der Waals surface area contributed by atoms with E-state index in [4.69, 9.17) is 27.6 Å². The molecule has 0 saturated carbocycles. The lowest BCUT2D eigenvalue weighted by Gasteiger charge is -2.45. The maximum Gasteiger partial charge on any atom is 0.298 e. The molecule has 2 aromatic carbocycles. The summed E-state index contributed by atoms with van der Waals surface area (Å²) in [5, 5.41) is 9.52. The molecule has 0 spiro atoms. The molecule has 6 rings (SSSR count). The largest absolute Gasteiger partial charge is 0.423 e. The molecule has 2 fully saturated rings. The highest BCUT2D eigenvalue weighted by atomic mass is 35.5. The summed E-state index contributed by atoms with van der Waals surface area (Å²) in [5.41, 5.74) is 2.61. The van der Waals surface area contributed by atoms with Gasteiger partial charge in [0.05, 0.1) is 23.6 Å². The van der Waals surface area contributed by atoms with Crippen LogP contribution in [0.5, 0.6) is 0 Å². The zero-order valence-corrected chi connectivity index (χ0v) is 19.1. The fourth-order valence-electron chi connectivity index (χ4n) is 4.99. The molecule has 168 valence electrons. The summed E-state index contributed by atoms with van der Waals surface area (Å²) in [6, 6.07) is 11.3. The molecule has 0 N–H and O–H groups in total. The topological polar surface area (TPSA) is 80.3 Å². The summed E-state index contributed by atoms with van der Waals surface area (Å²) in [6.07, 6.45) is 4.25. The van der Waals surface area contributed by atoms with Crippen LogP contribution in [0.25, 0.3) is 16.8 Å². The molecule has 2 aliphatic heterocycles. The van der Waals surface area contributed by atoms with Crippen molar-refractivity contribution < 1.29 is 9.21 Å². The van der Waals surface area contributed by atoms with Crippen molar-refractivity contribution in [3.8, 4) is 5.69 Å². The Morgan fingerprint density at radius 3 is 2.39 bits per heavy atom. The third kappa shape index (κ3) is 3.83. The van der Waals surface area contributed by atoms with Crippen molar-refractivity contribution in [3.63, 3.8) is 0 Å². The van der Waals surface area contributed by atoms with Gasteiger partial charge in [-0.05, 0) is 54.7 Å². The zero-order valence-electron chi connectivity index (χ0n) is 17.6. The maximum absolute atomic E-state index is 13.5. The molecule has 2 saturated heterocycles. The van der Waals surface area contributed by atoms with Crippen LogP contribution in [0.3, 0.4) is 0 Å².